The van der Waals surface area contributed by atoms with Crippen molar-refractivity contribution in [2.24, 2.45) is 5.92 Å². The Morgan fingerprint density at radius 3 is 2.48 bits per heavy atom. The van der Waals surface area contributed by atoms with E-state index in [4.69, 9.17) is 23.7 Å². The van der Waals surface area contributed by atoms with Gasteiger partial charge in [0.05, 0.1) is 0 Å². The Bertz CT molecular complexity index is 1160. The average Bonchev–Trinajstić information content (AvgIpc) is 3.46. The van der Waals surface area contributed by atoms with Gasteiger partial charge in [0.2, 0.25) is 0 Å². The number of likely N-dealkylation sites (tertiary alicyclic amines) is 1. The van der Waals surface area contributed by atoms with Gasteiger partial charge < -0.3 is 33.5 Å². The highest BCUT2D eigenvalue weighted by atomic mass is 16.6. The van der Waals surface area contributed by atoms with Gasteiger partial charge in [-0.1, -0.05) is 30.3 Å². The van der Waals surface area contributed by atoms with Crippen molar-refractivity contribution in [1.82, 2.24) is 15.1 Å². The molecule has 1 aromatic rings. The number of hydrogen-bond donors (Lipinski definition) is 1. The first kappa shape index (κ1) is 35.1. The maximum Gasteiger partial charge on any atom is 0.410 e. The molecule has 0 radical (unpaired) electrons. The number of carbonyl (C=O) groups excluding carboxylic acids is 3. The number of alkyl carbamates (subject to hydrolysis) is 1. The molecule has 11 nitrogen and oxygen atoms in total. The normalized spacial score (nSPS) is 21.6. The van der Waals surface area contributed by atoms with Crippen molar-refractivity contribution < 1.29 is 38.1 Å². The van der Waals surface area contributed by atoms with Gasteiger partial charge in [-0.2, -0.15) is 0 Å². The quantitative estimate of drug-likeness (QED) is 0.252. The van der Waals surface area contributed by atoms with Crippen LogP contribution >= 0.6 is 0 Å². The molecule has 1 aliphatic heterocycles. The molecule has 11 heteroatoms. The lowest BCUT2D eigenvalue weighted by Crippen LogP contribution is -2.58. The van der Waals surface area contributed by atoms with Crippen LogP contribution in [0.1, 0.15) is 53.0 Å². The Kier molecular flexibility index (Phi) is 12.8. The minimum Gasteiger partial charge on any atom is -0.445 e. The van der Waals surface area contributed by atoms with Gasteiger partial charge in [0.15, 0.2) is 5.72 Å². The highest BCUT2D eigenvalue weighted by molar-refractivity contribution is 5.97. The van der Waals surface area contributed by atoms with E-state index >= 15 is 0 Å². The topological polar surface area (TPSA) is 116 Å². The predicted molar refractivity (Wildman–Crippen MR) is 166 cm³/mol. The first-order valence-electron chi connectivity index (χ1n) is 15.2. The lowest BCUT2D eigenvalue weighted by molar-refractivity contribution is -0.129. The summed E-state index contributed by atoms with van der Waals surface area (Å²) in [6.07, 6.45) is 4.51. The molecule has 2 aliphatic rings. The lowest BCUT2D eigenvalue weighted by Gasteiger charge is -2.39. The maximum atomic E-state index is 13.9. The van der Waals surface area contributed by atoms with Crippen LogP contribution in [0.5, 0.6) is 0 Å². The zero-order valence-corrected chi connectivity index (χ0v) is 27.2. The zero-order valence-electron chi connectivity index (χ0n) is 27.2. The molecule has 0 bridgehead atoms. The number of hydrogen-bond acceptors (Lipinski definition) is 8. The second-order valence-electron chi connectivity index (χ2n) is 12.4. The smallest absolute Gasteiger partial charge is 0.410 e. The second-order valence-corrected chi connectivity index (χ2v) is 12.4. The zero-order chi connectivity index (χ0) is 32.3. The van der Waals surface area contributed by atoms with E-state index < -0.39 is 23.5 Å². The van der Waals surface area contributed by atoms with Crippen LogP contribution < -0.4 is 5.32 Å². The van der Waals surface area contributed by atoms with Crippen LogP contribution in [-0.2, 0) is 35.1 Å². The molecule has 0 spiro atoms. The van der Waals surface area contributed by atoms with Gasteiger partial charge >= 0.3 is 12.2 Å². The molecule has 1 aromatic carbocycles. The lowest BCUT2D eigenvalue weighted by atomic mass is 9.94. The van der Waals surface area contributed by atoms with Crippen LogP contribution in [0.3, 0.4) is 0 Å². The number of nitrogens with zero attached hydrogens (tertiary/aromatic N) is 2. The van der Waals surface area contributed by atoms with Crippen molar-refractivity contribution in [2.75, 3.05) is 47.1 Å². The Morgan fingerprint density at radius 2 is 1.84 bits per heavy atom. The third-order valence-corrected chi connectivity index (χ3v) is 7.43. The summed E-state index contributed by atoms with van der Waals surface area (Å²) in [4.78, 5) is 42.9. The summed E-state index contributed by atoms with van der Waals surface area (Å²) in [5, 5.41) is 2.80. The molecular formula is C33H49N3O8. The fourth-order valence-corrected chi connectivity index (χ4v) is 5.09. The number of benzene rings is 1. The van der Waals surface area contributed by atoms with Crippen molar-refractivity contribution in [3.8, 4) is 0 Å². The largest absolute Gasteiger partial charge is 0.445 e. The first-order chi connectivity index (χ1) is 20.9. The summed E-state index contributed by atoms with van der Waals surface area (Å²) in [5.74, 6) is -0.0592. The van der Waals surface area contributed by atoms with E-state index in [1.54, 1.807) is 30.2 Å². The summed E-state index contributed by atoms with van der Waals surface area (Å²) in [6, 6.07) is 9.27. The van der Waals surface area contributed by atoms with Gasteiger partial charge in [-0.25, -0.2) is 9.59 Å². The van der Waals surface area contributed by atoms with Gasteiger partial charge in [-0.15, -0.1) is 0 Å². The Hall–Kier alpha value is -3.41. The summed E-state index contributed by atoms with van der Waals surface area (Å²) in [7, 11) is 3.08. The highest BCUT2D eigenvalue weighted by Gasteiger charge is 2.42. The van der Waals surface area contributed by atoms with Gasteiger partial charge in [0.25, 0.3) is 5.91 Å². The Balaban J connectivity index is 1.73. The van der Waals surface area contributed by atoms with Gasteiger partial charge in [-0.05, 0) is 77.2 Å². The minimum absolute atomic E-state index is 0.0883. The Labute approximate surface area is 261 Å². The molecule has 1 N–H and O–H groups in total. The average molecular weight is 616 g/mol. The molecule has 1 saturated heterocycles. The molecular weight excluding hydrogens is 566 g/mol. The Morgan fingerprint density at radius 1 is 1.11 bits per heavy atom. The van der Waals surface area contributed by atoms with Gasteiger partial charge in [0.1, 0.15) is 18.3 Å². The molecule has 3 atom stereocenters. The number of ether oxygens (including phenoxy) is 5. The molecule has 1 fully saturated rings. The number of rotatable bonds is 13. The second kappa shape index (κ2) is 16.1. The van der Waals surface area contributed by atoms with Crippen LogP contribution in [0.4, 0.5) is 9.59 Å². The van der Waals surface area contributed by atoms with E-state index in [0.29, 0.717) is 44.8 Å². The summed E-state index contributed by atoms with van der Waals surface area (Å²) < 4.78 is 28.1. The van der Waals surface area contributed by atoms with Crippen LogP contribution in [0, 0.1) is 5.92 Å². The molecule has 0 saturated carbocycles. The van der Waals surface area contributed by atoms with E-state index in [-0.39, 0.29) is 30.6 Å². The third-order valence-electron chi connectivity index (χ3n) is 7.43. The summed E-state index contributed by atoms with van der Waals surface area (Å²) in [6.45, 7) is 12.0. The molecule has 1 aliphatic carbocycles. The summed E-state index contributed by atoms with van der Waals surface area (Å²) in [5.41, 5.74) is -0.697. The van der Waals surface area contributed by atoms with E-state index in [1.807, 2.05) is 69.9 Å². The van der Waals surface area contributed by atoms with Crippen LogP contribution in [0.25, 0.3) is 0 Å². The fraction of sp³-hybridized carbons (Fsp3) is 0.606. The standard InChI is InChI=1S/C33H49N3O8/c1-24(2)36(22-26-15-17-35(21-26)31(39)44-32(3,4)5)29(37)27-14-16-33(41-7,28(20-27)42-19-11-18-40-6)34-30(38)43-23-25-12-9-8-10-13-25/h8-10,12-14,16,20,24,26,28H,11,15,17-19,21-23H2,1-7H3,(H,34,38)/t26-,28-,33?/m0/s1. The number of amides is 3. The maximum absolute atomic E-state index is 13.9. The van der Waals surface area contributed by atoms with Crippen molar-refractivity contribution >= 4 is 18.1 Å². The van der Waals surface area contributed by atoms with Gasteiger partial charge in [0, 0.05) is 58.7 Å². The van der Waals surface area contributed by atoms with Crippen molar-refractivity contribution in [3.63, 3.8) is 0 Å². The van der Waals surface area contributed by atoms with Crippen LogP contribution in [0.2, 0.25) is 0 Å². The number of methoxy groups -OCH3 is 2. The molecule has 3 rings (SSSR count). The monoisotopic (exact) mass is 615 g/mol. The predicted octanol–water partition coefficient (Wildman–Crippen LogP) is 4.67. The number of nitrogens with one attached hydrogen (secondary N) is 1. The van der Waals surface area contributed by atoms with E-state index in [2.05, 4.69) is 5.32 Å². The van der Waals surface area contributed by atoms with Crippen LogP contribution in [-0.4, -0.2) is 98.4 Å². The van der Waals surface area contributed by atoms with E-state index in [1.165, 1.54) is 7.11 Å². The van der Waals surface area contributed by atoms with Gasteiger partial charge in [-0.3, -0.25) is 10.1 Å². The molecule has 3 amide bonds. The highest BCUT2D eigenvalue weighted by Crippen LogP contribution is 2.28. The summed E-state index contributed by atoms with van der Waals surface area (Å²) >= 11 is 0. The van der Waals surface area contributed by atoms with E-state index in [0.717, 1.165) is 12.0 Å². The first-order valence-corrected chi connectivity index (χ1v) is 15.2. The van der Waals surface area contributed by atoms with Crippen molar-refractivity contribution in [1.29, 1.82) is 0 Å². The number of carbonyl (C=O) groups is 3. The SMILES string of the molecule is COCCCO[C@H]1C=C(C(=O)N(C[C@H]2CCN(C(=O)OC(C)(C)C)C2)C(C)C)C=CC1(NC(=O)OCc1ccccc1)OC. The van der Waals surface area contributed by atoms with Crippen molar-refractivity contribution in [2.45, 2.75) is 77.5 Å². The third kappa shape index (κ3) is 10.1. The van der Waals surface area contributed by atoms with Crippen LogP contribution in [0.15, 0.2) is 54.1 Å². The molecule has 244 valence electrons. The van der Waals surface area contributed by atoms with E-state index in [9.17, 15) is 14.4 Å². The minimum atomic E-state index is -1.40. The molecule has 0 aromatic heterocycles. The fourth-order valence-electron chi connectivity index (χ4n) is 5.09. The molecule has 1 heterocycles. The van der Waals surface area contributed by atoms with Crippen molar-refractivity contribution in [3.05, 3.63) is 59.7 Å². The molecule has 44 heavy (non-hydrogen) atoms. The molecule has 1 unspecified atom stereocenters.